The third kappa shape index (κ3) is 1.62. The third-order valence-electron chi connectivity index (χ3n) is 2.68. The van der Waals surface area contributed by atoms with Gasteiger partial charge in [0, 0.05) is 17.3 Å². The van der Waals surface area contributed by atoms with Crippen LogP contribution < -0.4 is 0 Å². The van der Waals surface area contributed by atoms with Crippen LogP contribution >= 0.6 is 11.3 Å². The van der Waals surface area contributed by atoms with E-state index in [1.54, 1.807) is 29.8 Å². The molecular formula is C11H11N3OS. The summed E-state index contributed by atoms with van der Waals surface area (Å²) < 4.78 is 0. The van der Waals surface area contributed by atoms with Crippen LogP contribution in [-0.4, -0.2) is 20.1 Å². The quantitative estimate of drug-likeness (QED) is 0.818. The third-order valence-corrected chi connectivity index (χ3v) is 3.81. The summed E-state index contributed by atoms with van der Waals surface area (Å²) in [6.45, 7) is 0. The SMILES string of the molecule is OC1CCCc2sc(-c3ncccn3)nc21. The molecule has 0 saturated heterocycles. The van der Waals surface area contributed by atoms with E-state index in [1.807, 2.05) is 0 Å². The molecule has 3 rings (SSSR count). The fourth-order valence-corrected chi connectivity index (χ4v) is 3.01. The molecule has 1 atom stereocenters. The maximum absolute atomic E-state index is 9.82. The average molecular weight is 233 g/mol. The number of nitrogens with zero attached hydrogens (tertiary/aromatic N) is 3. The van der Waals surface area contributed by atoms with E-state index in [-0.39, 0.29) is 0 Å². The van der Waals surface area contributed by atoms with Crippen molar-refractivity contribution < 1.29 is 5.11 Å². The van der Waals surface area contributed by atoms with Gasteiger partial charge in [0.2, 0.25) is 0 Å². The van der Waals surface area contributed by atoms with Gasteiger partial charge in [-0.2, -0.15) is 0 Å². The van der Waals surface area contributed by atoms with Gasteiger partial charge in [0.15, 0.2) is 10.8 Å². The predicted molar refractivity (Wildman–Crippen MR) is 61.0 cm³/mol. The van der Waals surface area contributed by atoms with Gasteiger partial charge in [-0.15, -0.1) is 11.3 Å². The second kappa shape index (κ2) is 3.92. The van der Waals surface area contributed by atoms with E-state index >= 15 is 0 Å². The Labute approximate surface area is 97.0 Å². The van der Waals surface area contributed by atoms with Crippen molar-refractivity contribution in [1.82, 2.24) is 15.0 Å². The monoisotopic (exact) mass is 233 g/mol. The molecule has 1 aliphatic carbocycles. The molecule has 1 N–H and O–H groups in total. The highest BCUT2D eigenvalue weighted by Gasteiger charge is 2.23. The number of aliphatic hydroxyl groups is 1. The smallest absolute Gasteiger partial charge is 0.188 e. The van der Waals surface area contributed by atoms with Crippen molar-refractivity contribution in [2.75, 3.05) is 0 Å². The second-order valence-electron chi connectivity index (χ2n) is 3.81. The van der Waals surface area contributed by atoms with Gasteiger partial charge in [-0.25, -0.2) is 15.0 Å². The van der Waals surface area contributed by atoms with Crippen LogP contribution in [0.1, 0.15) is 29.5 Å². The molecule has 2 aromatic rings. The highest BCUT2D eigenvalue weighted by Crippen LogP contribution is 2.35. The molecule has 1 unspecified atom stereocenters. The number of thiazole rings is 1. The Bertz CT molecular complexity index is 497. The van der Waals surface area contributed by atoms with Crippen LogP contribution in [0.5, 0.6) is 0 Å². The zero-order chi connectivity index (χ0) is 11.0. The van der Waals surface area contributed by atoms with Crippen molar-refractivity contribution in [3.8, 4) is 10.8 Å². The van der Waals surface area contributed by atoms with Gasteiger partial charge in [-0.05, 0) is 25.3 Å². The van der Waals surface area contributed by atoms with Crippen molar-refractivity contribution in [3.05, 3.63) is 29.0 Å². The normalized spacial score (nSPS) is 19.4. The topological polar surface area (TPSA) is 58.9 Å². The first kappa shape index (κ1) is 9.86. The fourth-order valence-electron chi connectivity index (χ4n) is 1.90. The van der Waals surface area contributed by atoms with Crippen LogP contribution in [0.15, 0.2) is 18.5 Å². The van der Waals surface area contributed by atoms with E-state index in [0.29, 0.717) is 5.82 Å². The summed E-state index contributed by atoms with van der Waals surface area (Å²) in [5, 5.41) is 10.6. The van der Waals surface area contributed by atoms with Gasteiger partial charge >= 0.3 is 0 Å². The summed E-state index contributed by atoms with van der Waals surface area (Å²) in [5.74, 6) is 0.647. The first-order valence-electron chi connectivity index (χ1n) is 5.29. The number of aliphatic hydroxyl groups excluding tert-OH is 1. The molecule has 16 heavy (non-hydrogen) atoms. The van der Waals surface area contributed by atoms with E-state index < -0.39 is 6.10 Å². The predicted octanol–water partition coefficient (Wildman–Crippen LogP) is 1.97. The van der Waals surface area contributed by atoms with Crippen molar-refractivity contribution >= 4 is 11.3 Å². The van der Waals surface area contributed by atoms with E-state index in [4.69, 9.17) is 0 Å². The zero-order valence-electron chi connectivity index (χ0n) is 8.63. The highest BCUT2D eigenvalue weighted by atomic mass is 32.1. The number of aryl methyl sites for hydroxylation is 1. The lowest BCUT2D eigenvalue weighted by atomic mass is 10.0. The number of rotatable bonds is 1. The van der Waals surface area contributed by atoms with Crippen LogP contribution in [0.2, 0.25) is 0 Å². The van der Waals surface area contributed by atoms with Crippen LogP contribution in [0, 0.1) is 0 Å². The molecule has 5 heteroatoms. The summed E-state index contributed by atoms with van der Waals surface area (Å²) in [7, 11) is 0. The lowest BCUT2D eigenvalue weighted by molar-refractivity contribution is 0.153. The molecule has 0 bridgehead atoms. The van der Waals surface area contributed by atoms with E-state index in [9.17, 15) is 5.11 Å². The summed E-state index contributed by atoms with van der Waals surface area (Å²) in [5.41, 5.74) is 0.832. The van der Waals surface area contributed by atoms with Crippen molar-refractivity contribution in [3.63, 3.8) is 0 Å². The Morgan fingerprint density at radius 3 is 2.88 bits per heavy atom. The van der Waals surface area contributed by atoms with Gasteiger partial charge in [0.05, 0.1) is 11.8 Å². The van der Waals surface area contributed by atoms with Crippen molar-refractivity contribution in [2.24, 2.45) is 0 Å². The number of hydrogen-bond donors (Lipinski definition) is 1. The molecule has 0 fully saturated rings. The van der Waals surface area contributed by atoms with Gasteiger partial charge in [0.25, 0.3) is 0 Å². The van der Waals surface area contributed by atoms with Gasteiger partial charge < -0.3 is 5.11 Å². The van der Waals surface area contributed by atoms with Crippen LogP contribution in [0.4, 0.5) is 0 Å². The molecule has 1 aliphatic rings. The number of hydrogen-bond acceptors (Lipinski definition) is 5. The zero-order valence-corrected chi connectivity index (χ0v) is 9.44. The maximum atomic E-state index is 9.82. The van der Waals surface area contributed by atoms with Crippen molar-refractivity contribution in [1.29, 1.82) is 0 Å². The standard InChI is InChI=1S/C11H11N3OS/c15-7-3-1-4-8-9(7)14-11(16-8)10-12-5-2-6-13-10/h2,5-7,15H,1,3-4H2. The molecule has 0 radical (unpaired) electrons. The Hall–Kier alpha value is -1.33. The molecule has 0 aliphatic heterocycles. The van der Waals surface area contributed by atoms with E-state index in [0.717, 1.165) is 30.0 Å². The Morgan fingerprint density at radius 2 is 2.12 bits per heavy atom. The molecule has 0 aromatic carbocycles. The molecule has 4 nitrogen and oxygen atoms in total. The lowest BCUT2D eigenvalue weighted by Gasteiger charge is -2.14. The summed E-state index contributed by atoms with van der Waals surface area (Å²) in [6, 6.07) is 1.78. The van der Waals surface area contributed by atoms with E-state index in [1.165, 1.54) is 4.88 Å². The number of aromatic nitrogens is 3. The van der Waals surface area contributed by atoms with E-state index in [2.05, 4.69) is 15.0 Å². The summed E-state index contributed by atoms with van der Waals surface area (Å²) >= 11 is 1.60. The Kier molecular flexibility index (Phi) is 2.41. The van der Waals surface area contributed by atoms with Gasteiger partial charge in [-0.3, -0.25) is 0 Å². The second-order valence-corrected chi connectivity index (χ2v) is 4.89. The lowest BCUT2D eigenvalue weighted by Crippen LogP contribution is -2.07. The van der Waals surface area contributed by atoms with Crippen LogP contribution in [0.3, 0.4) is 0 Å². The van der Waals surface area contributed by atoms with Gasteiger partial charge in [-0.1, -0.05) is 0 Å². The molecule has 82 valence electrons. The molecular weight excluding hydrogens is 222 g/mol. The number of fused-ring (bicyclic) bond motifs is 1. The largest absolute Gasteiger partial charge is 0.387 e. The minimum absolute atomic E-state index is 0.405. The van der Waals surface area contributed by atoms with Crippen molar-refractivity contribution in [2.45, 2.75) is 25.4 Å². The molecule has 0 saturated carbocycles. The minimum atomic E-state index is -0.405. The molecule has 2 aromatic heterocycles. The van der Waals surface area contributed by atoms with Crippen LogP contribution in [-0.2, 0) is 6.42 Å². The Balaban J connectivity index is 2.05. The minimum Gasteiger partial charge on any atom is -0.387 e. The average Bonchev–Trinajstić information content (AvgIpc) is 2.76. The summed E-state index contributed by atoms with van der Waals surface area (Å²) in [4.78, 5) is 14.0. The van der Waals surface area contributed by atoms with Gasteiger partial charge in [0.1, 0.15) is 0 Å². The molecule has 0 spiro atoms. The van der Waals surface area contributed by atoms with Crippen LogP contribution in [0.25, 0.3) is 10.8 Å². The fraction of sp³-hybridized carbons (Fsp3) is 0.364. The summed E-state index contributed by atoms with van der Waals surface area (Å²) in [6.07, 6.45) is 5.87. The molecule has 2 heterocycles. The first-order valence-corrected chi connectivity index (χ1v) is 6.11. The highest BCUT2D eigenvalue weighted by molar-refractivity contribution is 7.15. The Morgan fingerprint density at radius 1 is 1.31 bits per heavy atom. The first-order chi connectivity index (χ1) is 7.84. The maximum Gasteiger partial charge on any atom is 0.188 e. The molecule has 0 amide bonds.